The van der Waals surface area contributed by atoms with Gasteiger partial charge in [0.2, 0.25) is 17.6 Å². The van der Waals surface area contributed by atoms with Crippen molar-refractivity contribution >= 4 is 55.9 Å². The maximum absolute atomic E-state index is 15.8. The maximum atomic E-state index is 15.8. The monoisotopic (exact) mass is 1110 g/mol. The lowest BCUT2D eigenvalue weighted by Gasteiger charge is -2.41. The predicted molar refractivity (Wildman–Crippen MR) is 294 cm³/mol. The number of aliphatic hydroxyl groups excluding tert-OH is 1. The molecule has 1 aliphatic carbocycles. The molecule has 0 radical (unpaired) electrons. The third-order valence-electron chi connectivity index (χ3n) is 15.0. The molecule has 4 atom stereocenters. The van der Waals surface area contributed by atoms with Crippen molar-refractivity contribution in [1.82, 2.24) is 39.7 Å². The van der Waals surface area contributed by atoms with Gasteiger partial charge >= 0.3 is 10.2 Å². The van der Waals surface area contributed by atoms with Crippen LogP contribution in [-0.4, -0.2) is 137 Å². The number of carbonyl (C=O) groups excluding carboxylic acids is 3. The van der Waals surface area contributed by atoms with Gasteiger partial charge in [-0.1, -0.05) is 75.9 Å². The minimum absolute atomic E-state index is 0.00506. The van der Waals surface area contributed by atoms with Crippen molar-refractivity contribution in [2.24, 2.45) is 5.41 Å². The summed E-state index contributed by atoms with van der Waals surface area (Å²) in [6.07, 6.45) is 4.31. The number of aliphatic hydroxyl groups is 1. The van der Waals surface area contributed by atoms with Gasteiger partial charge in [0.25, 0.3) is 0 Å². The zero-order valence-corrected chi connectivity index (χ0v) is 46.0. The van der Waals surface area contributed by atoms with Crippen molar-refractivity contribution < 1.29 is 45.8 Å². The number of fused-ring (bicyclic) bond motifs is 1. The first-order valence-electron chi connectivity index (χ1n) is 26.2. The lowest BCUT2D eigenvalue weighted by molar-refractivity contribution is -0.142. The molecule has 5 N–H and O–H groups in total. The Labute approximate surface area is 456 Å². The number of hydrogen-bond acceptors (Lipinski definition) is 12. The molecule has 414 valence electrons. The van der Waals surface area contributed by atoms with Gasteiger partial charge in [0.1, 0.15) is 30.3 Å². The quantitative estimate of drug-likeness (QED) is 0.0437. The highest BCUT2D eigenvalue weighted by molar-refractivity contribution is 7.90. The summed E-state index contributed by atoms with van der Waals surface area (Å²) in [5, 5.41) is 17.4. The molecule has 16 nitrogen and oxygen atoms in total. The lowest BCUT2D eigenvalue weighted by atomic mass is 9.85. The summed E-state index contributed by atoms with van der Waals surface area (Å²) in [5.41, 5.74) is 6.20. The number of likely N-dealkylation sites (tertiary alicyclic amines) is 1. The molecule has 5 heterocycles. The Kier molecular flexibility index (Phi) is 16.9. The van der Waals surface area contributed by atoms with Gasteiger partial charge in [-0.25, -0.2) is 23.1 Å². The van der Waals surface area contributed by atoms with Crippen LogP contribution in [0.5, 0.6) is 0 Å². The molecule has 3 fully saturated rings. The SMILES string of the molecule is C=C(NCc1ccc(-c2scnc2C)cc1)[C@@H]1C[C@@H](O)CN1C(=O)[C@@H](NC(=O)COC1CC(N(C)CCCc2ccc(-c3cnc4[nH]cc(C(=O)c5c(F)ccc(NS(=O)(=O)N6CC[C@@H](F)C6)c5F)c4c3)cc2)C1)C(C)(C)C. The number of alkyl halides is 1. The van der Waals surface area contributed by atoms with Crippen LogP contribution in [-0.2, 0) is 37.5 Å². The lowest BCUT2D eigenvalue weighted by Crippen LogP contribution is -2.57. The maximum Gasteiger partial charge on any atom is 0.301 e. The van der Waals surface area contributed by atoms with E-state index in [0.717, 1.165) is 81.5 Å². The number of aromatic amines is 1. The summed E-state index contributed by atoms with van der Waals surface area (Å²) in [4.78, 5) is 58.1. The van der Waals surface area contributed by atoms with E-state index in [9.17, 15) is 32.3 Å². The van der Waals surface area contributed by atoms with Gasteiger partial charge in [-0.05, 0) is 98.5 Å². The average Bonchev–Trinajstić information content (AvgIpc) is 4.25. The number of thiazole rings is 1. The molecule has 3 aliphatic rings. The number of rotatable bonds is 21. The fourth-order valence-corrected chi connectivity index (χ4v) is 12.4. The molecule has 2 saturated heterocycles. The first-order valence-corrected chi connectivity index (χ1v) is 28.5. The number of ether oxygens (including phenoxy) is 1. The molecule has 9 rings (SSSR count). The van der Waals surface area contributed by atoms with Crippen LogP contribution in [0.4, 0.5) is 18.9 Å². The second kappa shape index (κ2) is 23.5. The van der Waals surface area contributed by atoms with Crippen molar-refractivity contribution in [2.45, 2.75) is 109 Å². The number of carbonyl (C=O) groups is 3. The van der Waals surface area contributed by atoms with Gasteiger partial charge in [0, 0.05) is 73.2 Å². The van der Waals surface area contributed by atoms with E-state index in [0.29, 0.717) is 41.3 Å². The Morgan fingerprint density at radius 1 is 0.987 bits per heavy atom. The highest BCUT2D eigenvalue weighted by Gasteiger charge is 2.43. The third kappa shape index (κ3) is 12.7. The molecule has 3 aromatic heterocycles. The topological polar surface area (TPSA) is 202 Å². The van der Waals surface area contributed by atoms with Crippen molar-refractivity contribution in [3.63, 3.8) is 0 Å². The average molecular weight is 1110 g/mol. The first-order chi connectivity index (χ1) is 37.1. The van der Waals surface area contributed by atoms with E-state index in [1.165, 1.54) is 6.20 Å². The molecule has 1 saturated carbocycles. The fourth-order valence-electron chi connectivity index (χ4n) is 10.3. The smallest absolute Gasteiger partial charge is 0.301 e. The molecule has 0 bridgehead atoms. The number of β-amino-alcohol motifs (C(OH)–C–C–N with tert-alkyl or cyclic N) is 1. The predicted octanol–water partition coefficient (Wildman–Crippen LogP) is 8.08. The fraction of sp³-hybridized carbons (Fsp3) is 0.421. The van der Waals surface area contributed by atoms with Gasteiger partial charge in [-0.3, -0.25) is 19.1 Å². The zero-order valence-electron chi connectivity index (χ0n) is 44.3. The number of hydrogen-bond donors (Lipinski definition) is 5. The summed E-state index contributed by atoms with van der Waals surface area (Å²) >= 11 is 1.60. The second-order valence-electron chi connectivity index (χ2n) is 21.7. The summed E-state index contributed by atoms with van der Waals surface area (Å²) in [6, 6.07) is 18.5. The van der Waals surface area contributed by atoms with Crippen LogP contribution >= 0.6 is 11.3 Å². The standard InChI is InChI=1S/C57H66F3N9O7S2/c1-33(61-26-36-11-15-38(16-12-36)53-34(2)64-32-77-53)48-25-42(70)30-69(48)56(73)54(57(3,4)5)65-49(71)31-76-43-23-41(24-43)67(6)20-7-8-35-9-13-37(14-10-35)39-22-44-45(28-63-55(44)62-27-39)52(72)50-46(59)17-18-47(51(50)60)66-78(74,75)68-21-19-40(58)29-68/h9-18,22,27-28,32,40-43,48,54,61,66,70H,1,7-8,19-21,23-26,29-31H2,2-6H3,(H,62,63)(H,65,71)/t40-,41?,42-,43?,48+,54-/m1/s1. The highest BCUT2D eigenvalue weighted by Crippen LogP contribution is 2.34. The zero-order chi connectivity index (χ0) is 55.6. The first kappa shape index (κ1) is 56.2. The number of aromatic nitrogens is 3. The normalized spacial score (nSPS) is 20.2. The molecule has 3 aromatic carbocycles. The van der Waals surface area contributed by atoms with Crippen LogP contribution in [0.25, 0.3) is 32.6 Å². The Bertz CT molecular complexity index is 3290. The minimum Gasteiger partial charge on any atom is -0.391 e. The highest BCUT2D eigenvalue weighted by atomic mass is 32.2. The molecule has 0 unspecified atom stereocenters. The second-order valence-corrected chi connectivity index (χ2v) is 24.3. The van der Waals surface area contributed by atoms with Gasteiger partial charge in [-0.15, -0.1) is 11.3 Å². The van der Waals surface area contributed by atoms with Gasteiger partial charge in [0.15, 0.2) is 5.82 Å². The van der Waals surface area contributed by atoms with Crippen LogP contribution in [0, 0.1) is 24.0 Å². The molecule has 0 spiro atoms. The summed E-state index contributed by atoms with van der Waals surface area (Å²) in [6.45, 7) is 12.7. The number of aryl methyl sites for hydroxylation is 2. The molecule has 78 heavy (non-hydrogen) atoms. The number of amides is 2. The van der Waals surface area contributed by atoms with Crippen LogP contribution in [0.2, 0.25) is 0 Å². The van der Waals surface area contributed by atoms with Crippen LogP contribution in [0.3, 0.4) is 0 Å². The van der Waals surface area contributed by atoms with Gasteiger partial charge in [0.05, 0.1) is 45.6 Å². The Morgan fingerprint density at radius 3 is 2.38 bits per heavy atom. The van der Waals surface area contributed by atoms with E-state index in [1.54, 1.807) is 28.5 Å². The van der Waals surface area contributed by atoms with E-state index in [-0.39, 0.29) is 49.6 Å². The van der Waals surface area contributed by atoms with Crippen LogP contribution < -0.4 is 15.4 Å². The molecule has 2 amide bonds. The van der Waals surface area contributed by atoms with E-state index in [1.807, 2.05) is 74.3 Å². The number of benzene rings is 3. The van der Waals surface area contributed by atoms with Gasteiger partial charge in [-0.2, -0.15) is 12.7 Å². The molecule has 2 aliphatic heterocycles. The molecule has 21 heteroatoms. The molecular weight excluding hydrogens is 1040 g/mol. The Morgan fingerprint density at radius 2 is 1.71 bits per heavy atom. The van der Waals surface area contributed by atoms with Crippen molar-refractivity contribution in [3.05, 3.63) is 136 Å². The summed E-state index contributed by atoms with van der Waals surface area (Å²) in [5.74, 6) is -4.26. The van der Waals surface area contributed by atoms with E-state index < -0.39 is 75.2 Å². The molecular formula is C57H66F3N9O7S2. The van der Waals surface area contributed by atoms with Crippen molar-refractivity contribution in [1.29, 1.82) is 0 Å². The van der Waals surface area contributed by atoms with Gasteiger partial charge < -0.3 is 35.3 Å². The van der Waals surface area contributed by atoms with E-state index in [2.05, 4.69) is 56.2 Å². The summed E-state index contributed by atoms with van der Waals surface area (Å²) < 4.78 is 79.2. The van der Waals surface area contributed by atoms with E-state index >= 15 is 8.78 Å². The largest absolute Gasteiger partial charge is 0.391 e. The molecule has 6 aromatic rings. The number of halogens is 3. The number of H-pyrrole nitrogens is 1. The number of ketones is 1. The van der Waals surface area contributed by atoms with Crippen molar-refractivity contribution in [3.8, 4) is 21.6 Å². The van der Waals surface area contributed by atoms with Crippen LogP contribution in [0.1, 0.15) is 85.6 Å². The minimum atomic E-state index is -4.37. The number of nitrogens with zero attached hydrogens (tertiary/aromatic N) is 5. The summed E-state index contributed by atoms with van der Waals surface area (Å²) in [7, 11) is -2.29. The number of anilines is 1. The Hall–Kier alpha value is -6.49. The van der Waals surface area contributed by atoms with Crippen LogP contribution in [0.15, 0.2) is 96.9 Å². The number of nitrogens with one attached hydrogen (secondary N) is 4. The third-order valence-corrected chi connectivity index (χ3v) is 17.5. The van der Waals surface area contributed by atoms with Crippen molar-refractivity contribution in [2.75, 3.05) is 44.6 Å². The Balaban J connectivity index is 0.718. The number of pyridine rings is 1. The van der Waals surface area contributed by atoms with E-state index in [4.69, 9.17) is 4.74 Å².